The second-order valence-corrected chi connectivity index (χ2v) is 13.7. The Bertz CT molecular complexity index is 1320. The molecule has 0 aromatic heterocycles. The van der Waals surface area contributed by atoms with Crippen LogP contribution < -0.4 is 10.6 Å². The quantitative estimate of drug-likeness (QED) is 0.198. The fourth-order valence-electron chi connectivity index (χ4n) is 4.76. The monoisotopic (exact) mass is 641 g/mol. The number of carbonyl (C=O) groups is 4. The first-order valence-electron chi connectivity index (χ1n) is 15.4. The maximum absolute atomic E-state index is 14.5. The van der Waals surface area contributed by atoms with Crippen molar-refractivity contribution >= 4 is 36.5 Å². The van der Waals surface area contributed by atoms with Gasteiger partial charge in [0.15, 0.2) is 0 Å². The number of rotatable bonds is 12. The van der Waals surface area contributed by atoms with Crippen molar-refractivity contribution in [3.63, 3.8) is 0 Å². The van der Waals surface area contributed by atoms with Crippen LogP contribution in [0.25, 0.3) is 0 Å². The molecule has 4 unspecified atom stereocenters. The summed E-state index contributed by atoms with van der Waals surface area (Å²) in [6, 6.07) is 11.3. The van der Waals surface area contributed by atoms with E-state index >= 15 is 0 Å². The largest absolute Gasteiger partial charge is 0.458 e. The van der Waals surface area contributed by atoms with E-state index < -0.39 is 59.2 Å². The Morgan fingerprint density at radius 1 is 0.844 bits per heavy atom. The van der Waals surface area contributed by atoms with Crippen LogP contribution in [0.2, 0.25) is 0 Å². The molecule has 0 saturated carbocycles. The molecule has 45 heavy (non-hydrogen) atoms. The molecule has 0 fully saturated rings. The van der Waals surface area contributed by atoms with Gasteiger partial charge in [0.2, 0.25) is 11.8 Å². The predicted octanol–water partition coefficient (Wildman–Crippen LogP) is 5.86. The number of thiol groups is 1. The summed E-state index contributed by atoms with van der Waals surface area (Å²) >= 11 is 4.38. The molecule has 10 heteroatoms. The lowest BCUT2D eigenvalue weighted by Gasteiger charge is -2.39. The molecule has 0 saturated heterocycles. The highest BCUT2D eigenvalue weighted by atomic mass is 32.1. The van der Waals surface area contributed by atoms with Gasteiger partial charge in [0, 0.05) is 18.2 Å². The highest BCUT2D eigenvalue weighted by Crippen LogP contribution is 2.30. The van der Waals surface area contributed by atoms with Crippen LogP contribution in [-0.4, -0.2) is 63.9 Å². The van der Waals surface area contributed by atoms with Gasteiger partial charge in [0.05, 0.1) is 0 Å². The maximum atomic E-state index is 14.5. The zero-order valence-electron chi connectivity index (χ0n) is 28.4. The number of alkyl carbamates (subject to hydrolysis) is 1. The van der Waals surface area contributed by atoms with E-state index in [9.17, 15) is 19.2 Å². The van der Waals surface area contributed by atoms with E-state index in [1.807, 2.05) is 76.2 Å². The maximum Gasteiger partial charge on any atom is 0.408 e. The molecule has 0 heterocycles. The van der Waals surface area contributed by atoms with Crippen molar-refractivity contribution in [1.29, 1.82) is 0 Å². The van der Waals surface area contributed by atoms with Crippen molar-refractivity contribution in [2.45, 2.75) is 117 Å². The van der Waals surface area contributed by atoms with Crippen molar-refractivity contribution in [2.75, 3.05) is 5.75 Å². The lowest BCUT2D eigenvalue weighted by Crippen LogP contribution is -2.57. The number of hydrogen-bond acceptors (Lipinski definition) is 7. The van der Waals surface area contributed by atoms with Crippen LogP contribution in [0.4, 0.5) is 4.79 Å². The number of benzene rings is 2. The molecule has 0 aliphatic rings. The Morgan fingerprint density at radius 2 is 1.44 bits per heavy atom. The summed E-state index contributed by atoms with van der Waals surface area (Å²) in [6.45, 7) is 18.1. The molecular weight excluding hydrogens is 590 g/mol. The highest BCUT2D eigenvalue weighted by Gasteiger charge is 2.40. The topological polar surface area (TPSA) is 114 Å². The van der Waals surface area contributed by atoms with Crippen LogP contribution in [0.1, 0.15) is 90.1 Å². The third kappa shape index (κ3) is 11.4. The van der Waals surface area contributed by atoms with E-state index in [1.54, 1.807) is 41.5 Å². The summed E-state index contributed by atoms with van der Waals surface area (Å²) in [6.07, 6.45) is -0.0526. The second kappa shape index (κ2) is 16.2. The zero-order chi connectivity index (χ0) is 34.1. The Balaban J connectivity index is 2.64. The summed E-state index contributed by atoms with van der Waals surface area (Å²) in [5.41, 5.74) is 1.66. The number of hydrogen-bond donors (Lipinski definition) is 3. The normalized spacial score (nSPS) is 14.4. The fraction of sp³-hybridized carbons (Fsp3) is 0.543. The van der Waals surface area contributed by atoms with E-state index in [0.29, 0.717) is 12.0 Å². The highest BCUT2D eigenvalue weighted by molar-refractivity contribution is 7.80. The van der Waals surface area contributed by atoms with Gasteiger partial charge in [0.1, 0.15) is 29.3 Å². The second-order valence-electron chi connectivity index (χ2n) is 13.4. The number of ether oxygens (including phenoxy) is 2. The third-order valence-corrected chi connectivity index (χ3v) is 7.62. The van der Waals surface area contributed by atoms with Crippen LogP contribution >= 0.6 is 12.6 Å². The first-order valence-corrected chi connectivity index (χ1v) is 16.1. The van der Waals surface area contributed by atoms with Crippen LogP contribution in [0, 0.1) is 13.8 Å². The number of amides is 3. The first-order chi connectivity index (χ1) is 20.9. The van der Waals surface area contributed by atoms with Crippen molar-refractivity contribution in [2.24, 2.45) is 0 Å². The Labute approximate surface area is 274 Å². The smallest absolute Gasteiger partial charge is 0.408 e. The molecule has 3 amide bonds. The van der Waals surface area contributed by atoms with Gasteiger partial charge < -0.3 is 25.0 Å². The zero-order valence-corrected chi connectivity index (χ0v) is 29.3. The summed E-state index contributed by atoms with van der Waals surface area (Å²) in [5.74, 6) is -1.65. The number of nitrogens with zero attached hydrogens (tertiary/aromatic N) is 1. The van der Waals surface area contributed by atoms with E-state index in [0.717, 1.165) is 16.7 Å². The molecule has 2 aromatic rings. The van der Waals surface area contributed by atoms with Gasteiger partial charge in [-0.05, 0) is 91.0 Å². The van der Waals surface area contributed by atoms with Crippen molar-refractivity contribution in [3.05, 3.63) is 70.8 Å². The van der Waals surface area contributed by atoms with Gasteiger partial charge in [-0.3, -0.25) is 9.59 Å². The lowest BCUT2D eigenvalue weighted by molar-refractivity contribution is -0.159. The summed E-state index contributed by atoms with van der Waals surface area (Å²) in [7, 11) is 0. The van der Waals surface area contributed by atoms with Crippen molar-refractivity contribution < 1.29 is 28.7 Å². The van der Waals surface area contributed by atoms with Crippen molar-refractivity contribution in [1.82, 2.24) is 15.5 Å². The molecule has 2 rings (SSSR count). The van der Waals surface area contributed by atoms with Gasteiger partial charge in [-0.25, -0.2) is 9.59 Å². The van der Waals surface area contributed by atoms with Crippen LogP contribution in [-0.2, 0) is 30.3 Å². The number of carbonyl (C=O) groups excluding carboxylic acids is 4. The third-order valence-electron chi connectivity index (χ3n) is 7.25. The van der Waals surface area contributed by atoms with E-state index in [4.69, 9.17) is 9.47 Å². The standard InChI is InChI=1S/C35H51N3O6S/c1-11-23(3)38(31(40)28(21-45)37-33(42)44-35(8,9)10)29(26-19-15-16-22(2)24(26)4)30(39)36-27(32(41)43-34(5,6)7)20-25-17-13-12-14-18-25/h12-19,23,27-29,45H,11,20-21H2,1-10H3,(H,36,39)(H,37,42). The van der Waals surface area contributed by atoms with Crippen LogP contribution in [0.3, 0.4) is 0 Å². The Hall–Kier alpha value is -3.53. The summed E-state index contributed by atoms with van der Waals surface area (Å²) < 4.78 is 11.1. The van der Waals surface area contributed by atoms with Crippen LogP contribution in [0.5, 0.6) is 0 Å². The molecule has 0 bridgehead atoms. The number of esters is 1. The van der Waals surface area contributed by atoms with E-state index in [-0.39, 0.29) is 12.2 Å². The average Bonchev–Trinajstić information content (AvgIpc) is 2.94. The summed E-state index contributed by atoms with van der Waals surface area (Å²) in [4.78, 5) is 56.5. The molecule has 0 aliphatic heterocycles. The van der Waals surface area contributed by atoms with Gasteiger partial charge in [0.25, 0.3) is 0 Å². The number of aryl methyl sites for hydroxylation is 1. The average molecular weight is 642 g/mol. The van der Waals surface area contributed by atoms with Gasteiger partial charge in [-0.1, -0.05) is 55.5 Å². The molecule has 4 atom stereocenters. The van der Waals surface area contributed by atoms with Gasteiger partial charge in [-0.2, -0.15) is 12.6 Å². The fourth-order valence-corrected chi connectivity index (χ4v) is 5.01. The molecule has 0 spiro atoms. The Morgan fingerprint density at radius 3 is 1.98 bits per heavy atom. The minimum atomic E-state index is -1.13. The van der Waals surface area contributed by atoms with Crippen molar-refractivity contribution in [3.8, 4) is 0 Å². The molecule has 2 N–H and O–H groups in total. The molecule has 0 radical (unpaired) electrons. The predicted molar refractivity (Wildman–Crippen MR) is 180 cm³/mol. The van der Waals surface area contributed by atoms with Gasteiger partial charge in [-0.15, -0.1) is 0 Å². The van der Waals surface area contributed by atoms with Crippen LogP contribution in [0.15, 0.2) is 48.5 Å². The molecule has 248 valence electrons. The van der Waals surface area contributed by atoms with Gasteiger partial charge >= 0.3 is 12.1 Å². The minimum absolute atomic E-state index is 0.0271. The molecule has 2 aromatic carbocycles. The minimum Gasteiger partial charge on any atom is -0.458 e. The van der Waals surface area contributed by atoms with E-state index in [2.05, 4.69) is 23.3 Å². The Kier molecular flexibility index (Phi) is 13.5. The molecule has 9 nitrogen and oxygen atoms in total. The SMILES string of the molecule is CCC(C)N(C(=O)C(CS)NC(=O)OC(C)(C)C)C(C(=O)NC(Cc1ccccc1)C(=O)OC(C)(C)C)c1cccc(C)c1C. The summed E-state index contributed by atoms with van der Waals surface area (Å²) in [5, 5.41) is 5.57. The molecule has 0 aliphatic carbocycles. The number of nitrogens with one attached hydrogen (secondary N) is 2. The first kappa shape index (κ1) is 37.7. The molecular formula is C35H51N3O6S. The lowest BCUT2D eigenvalue weighted by atomic mass is 9.93. The van der Waals surface area contributed by atoms with E-state index in [1.165, 1.54) is 4.90 Å².